The number of aliphatic hydroxyl groups excluding tert-OH is 1. The van der Waals surface area contributed by atoms with Gasteiger partial charge in [0.05, 0.1) is 6.10 Å². The number of nitrogens with zero attached hydrogens (tertiary/aromatic N) is 1. The molecule has 0 saturated heterocycles. The minimum Gasteiger partial charge on any atom is -0.393 e. The number of urea groups is 1. The molecule has 0 unspecified atom stereocenters. The quantitative estimate of drug-likeness (QED) is 0.894. The summed E-state index contributed by atoms with van der Waals surface area (Å²) in [7, 11) is 0. The lowest BCUT2D eigenvalue weighted by Gasteiger charge is -2.31. The Kier molecular flexibility index (Phi) is 5.56. The Balaban J connectivity index is 1.53. The number of amides is 2. The van der Waals surface area contributed by atoms with Crippen LogP contribution in [0.15, 0.2) is 30.3 Å². The molecular formula is C20H28N2O2. The molecule has 2 amide bonds. The van der Waals surface area contributed by atoms with Crippen LogP contribution in [0.25, 0.3) is 5.57 Å². The third-order valence-corrected chi connectivity index (χ3v) is 5.25. The molecule has 0 bridgehead atoms. The molecule has 0 spiro atoms. The minimum atomic E-state index is -0.183. The van der Waals surface area contributed by atoms with E-state index in [1.165, 1.54) is 16.7 Å². The number of carbonyl (C=O) groups excluding carboxylic acids is 1. The molecule has 0 radical (unpaired) electrons. The third kappa shape index (κ3) is 4.18. The summed E-state index contributed by atoms with van der Waals surface area (Å²) in [6, 6.07) is 9.00. The van der Waals surface area contributed by atoms with E-state index in [0.29, 0.717) is 6.54 Å². The molecule has 4 heteroatoms. The lowest BCUT2D eigenvalue weighted by atomic mass is 9.93. The number of benzene rings is 1. The topological polar surface area (TPSA) is 52.6 Å². The number of nitrogens with one attached hydrogen (secondary N) is 1. The van der Waals surface area contributed by atoms with Gasteiger partial charge in [0.15, 0.2) is 0 Å². The monoisotopic (exact) mass is 328 g/mol. The summed E-state index contributed by atoms with van der Waals surface area (Å²) < 4.78 is 0. The van der Waals surface area contributed by atoms with Gasteiger partial charge in [-0.1, -0.05) is 37.3 Å². The van der Waals surface area contributed by atoms with E-state index in [-0.39, 0.29) is 18.2 Å². The van der Waals surface area contributed by atoms with Gasteiger partial charge in [-0.2, -0.15) is 0 Å². The van der Waals surface area contributed by atoms with Crippen molar-refractivity contribution in [1.82, 2.24) is 10.2 Å². The fourth-order valence-corrected chi connectivity index (χ4v) is 3.56. The van der Waals surface area contributed by atoms with Gasteiger partial charge in [0.2, 0.25) is 0 Å². The minimum absolute atomic E-state index is 0.0352. The highest BCUT2D eigenvalue weighted by Gasteiger charge is 2.24. The lowest BCUT2D eigenvalue weighted by molar-refractivity contribution is 0.115. The van der Waals surface area contributed by atoms with E-state index in [9.17, 15) is 9.90 Å². The number of carbonyl (C=O) groups is 1. The summed E-state index contributed by atoms with van der Waals surface area (Å²) in [4.78, 5) is 14.3. The van der Waals surface area contributed by atoms with Crippen LogP contribution in [0.4, 0.5) is 4.79 Å². The van der Waals surface area contributed by atoms with Crippen molar-refractivity contribution in [3.63, 3.8) is 0 Å². The summed E-state index contributed by atoms with van der Waals surface area (Å²) in [5.74, 6) is 0. The van der Waals surface area contributed by atoms with Crippen molar-refractivity contribution < 1.29 is 9.90 Å². The van der Waals surface area contributed by atoms with Gasteiger partial charge in [0.25, 0.3) is 0 Å². The second-order valence-electron chi connectivity index (χ2n) is 6.93. The number of hydrogen-bond acceptors (Lipinski definition) is 2. The maximum Gasteiger partial charge on any atom is 0.317 e. The van der Waals surface area contributed by atoms with Crippen molar-refractivity contribution in [2.45, 2.75) is 57.6 Å². The number of aryl methyl sites for hydroxylation is 1. The van der Waals surface area contributed by atoms with Crippen molar-refractivity contribution in [2.75, 3.05) is 13.1 Å². The van der Waals surface area contributed by atoms with Gasteiger partial charge in [-0.15, -0.1) is 0 Å². The Morgan fingerprint density at radius 2 is 1.92 bits per heavy atom. The molecule has 1 heterocycles. The first-order valence-electron chi connectivity index (χ1n) is 9.17. The fraction of sp³-hybridized carbons (Fsp3) is 0.550. The first kappa shape index (κ1) is 17.0. The van der Waals surface area contributed by atoms with E-state index in [2.05, 4.69) is 42.6 Å². The molecule has 4 nitrogen and oxygen atoms in total. The molecule has 0 atom stereocenters. The maximum absolute atomic E-state index is 12.4. The van der Waals surface area contributed by atoms with Crippen LogP contribution in [-0.4, -0.2) is 41.3 Å². The Labute approximate surface area is 144 Å². The number of rotatable bonds is 3. The highest BCUT2D eigenvalue weighted by molar-refractivity contribution is 5.77. The SMILES string of the molecule is CCc1ccc(C2=CCN(C(=O)NC3CCC(O)CC3)CC2)cc1. The van der Waals surface area contributed by atoms with Gasteiger partial charge in [-0.05, 0) is 55.2 Å². The highest BCUT2D eigenvalue weighted by Crippen LogP contribution is 2.23. The van der Waals surface area contributed by atoms with Gasteiger partial charge in [-0.3, -0.25) is 0 Å². The average Bonchev–Trinajstić information content (AvgIpc) is 2.64. The Morgan fingerprint density at radius 3 is 2.50 bits per heavy atom. The van der Waals surface area contributed by atoms with Gasteiger partial charge >= 0.3 is 6.03 Å². The Bertz CT molecular complexity index is 586. The zero-order valence-electron chi connectivity index (χ0n) is 14.5. The molecule has 1 fully saturated rings. The normalized spacial score (nSPS) is 24.4. The maximum atomic E-state index is 12.4. The molecule has 2 N–H and O–H groups in total. The molecule has 1 aliphatic carbocycles. The lowest BCUT2D eigenvalue weighted by Crippen LogP contribution is -2.47. The molecule has 0 aromatic heterocycles. The van der Waals surface area contributed by atoms with Gasteiger partial charge in [-0.25, -0.2) is 4.79 Å². The summed E-state index contributed by atoms with van der Waals surface area (Å²) in [6.07, 6.45) is 7.31. The fourth-order valence-electron chi connectivity index (χ4n) is 3.56. The molecular weight excluding hydrogens is 300 g/mol. The molecule has 1 aromatic carbocycles. The molecule has 1 saturated carbocycles. The van der Waals surface area contributed by atoms with Crippen molar-refractivity contribution in [3.05, 3.63) is 41.5 Å². The summed E-state index contributed by atoms with van der Waals surface area (Å²) in [5.41, 5.74) is 3.96. The van der Waals surface area contributed by atoms with Gasteiger partial charge < -0.3 is 15.3 Å². The van der Waals surface area contributed by atoms with Crippen molar-refractivity contribution in [2.24, 2.45) is 0 Å². The molecule has 130 valence electrons. The molecule has 2 aliphatic rings. The molecule has 1 aliphatic heterocycles. The van der Waals surface area contributed by atoms with E-state index in [4.69, 9.17) is 0 Å². The summed E-state index contributed by atoms with van der Waals surface area (Å²) in [5, 5.41) is 12.7. The van der Waals surface area contributed by atoms with Crippen LogP contribution in [0.1, 0.15) is 50.2 Å². The van der Waals surface area contributed by atoms with Crippen LogP contribution >= 0.6 is 0 Å². The molecule has 1 aromatic rings. The second-order valence-corrected chi connectivity index (χ2v) is 6.93. The predicted molar refractivity (Wildman–Crippen MR) is 96.8 cm³/mol. The molecule has 24 heavy (non-hydrogen) atoms. The zero-order valence-corrected chi connectivity index (χ0v) is 14.5. The van der Waals surface area contributed by atoms with Crippen LogP contribution in [0, 0.1) is 0 Å². The van der Waals surface area contributed by atoms with E-state index in [0.717, 1.165) is 45.1 Å². The smallest absolute Gasteiger partial charge is 0.317 e. The van der Waals surface area contributed by atoms with Gasteiger partial charge in [0.1, 0.15) is 0 Å². The average molecular weight is 328 g/mol. The largest absolute Gasteiger partial charge is 0.393 e. The van der Waals surface area contributed by atoms with E-state index in [1.807, 2.05) is 4.90 Å². The van der Waals surface area contributed by atoms with E-state index in [1.54, 1.807) is 0 Å². The van der Waals surface area contributed by atoms with E-state index >= 15 is 0 Å². The zero-order chi connectivity index (χ0) is 16.9. The number of aliphatic hydroxyl groups is 1. The summed E-state index contributed by atoms with van der Waals surface area (Å²) >= 11 is 0. The second kappa shape index (κ2) is 7.84. The van der Waals surface area contributed by atoms with Crippen molar-refractivity contribution in [3.8, 4) is 0 Å². The standard InChI is InChI=1S/C20H28N2O2/c1-2-15-3-5-16(6-4-15)17-11-13-22(14-12-17)20(24)21-18-7-9-19(23)10-8-18/h3-6,11,18-19,23H,2,7-10,12-14H2,1H3,(H,21,24). The first-order valence-corrected chi connectivity index (χ1v) is 9.17. The molecule has 3 rings (SSSR count). The first-order chi connectivity index (χ1) is 11.7. The predicted octanol–water partition coefficient (Wildman–Crippen LogP) is 3.35. The van der Waals surface area contributed by atoms with Crippen LogP contribution < -0.4 is 5.32 Å². The highest BCUT2D eigenvalue weighted by atomic mass is 16.3. The van der Waals surface area contributed by atoms with E-state index < -0.39 is 0 Å². The number of hydrogen-bond donors (Lipinski definition) is 2. The van der Waals surface area contributed by atoms with Crippen molar-refractivity contribution in [1.29, 1.82) is 0 Å². The Hall–Kier alpha value is -1.81. The van der Waals surface area contributed by atoms with Crippen LogP contribution in [0.3, 0.4) is 0 Å². The van der Waals surface area contributed by atoms with Gasteiger partial charge in [0, 0.05) is 19.1 Å². The van der Waals surface area contributed by atoms with Crippen LogP contribution in [0.2, 0.25) is 0 Å². The summed E-state index contributed by atoms with van der Waals surface area (Å²) in [6.45, 7) is 3.60. The third-order valence-electron chi connectivity index (χ3n) is 5.25. The van der Waals surface area contributed by atoms with Crippen LogP contribution in [-0.2, 0) is 6.42 Å². The van der Waals surface area contributed by atoms with Crippen LogP contribution in [0.5, 0.6) is 0 Å². The van der Waals surface area contributed by atoms with Crippen molar-refractivity contribution >= 4 is 11.6 Å². The Morgan fingerprint density at radius 1 is 1.21 bits per heavy atom.